The largest absolute Gasteiger partial charge is 0.395 e. The van der Waals surface area contributed by atoms with Gasteiger partial charge in [-0.25, -0.2) is 0 Å². The van der Waals surface area contributed by atoms with Crippen molar-refractivity contribution in [3.05, 3.63) is 34.7 Å². The first-order chi connectivity index (χ1) is 11.6. The van der Waals surface area contributed by atoms with Crippen molar-refractivity contribution in [2.75, 3.05) is 32.8 Å². The van der Waals surface area contributed by atoms with E-state index in [0.717, 1.165) is 12.8 Å². The molecule has 7 nitrogen and oxygen atoms in total. The van der Waals surface area contributed by atoms with Gasteiger partial charge in [-0.3, -0.25) is 14.4 Å². The zero-order valence-corrected chi connectivity index (χ0v) is 13.7. The van der Waals surface area contributed by atoms with Crippen molar-refractivity contribution < 1.29 is 14.7 Å². The van der Waals surface area contributed by atoms with Crippen molar-refractivity contribution in [2.24, 2.45) is 5.41 Å². The first kappa shape index (κ1) is 16.7. The summed E-state index contributed by atoms with van der Waals surface area (Å²) >= 11 is 0. The third kappa shape index (κ3) is 3.08. The van der Waals surface area contributed by atoms with Crippen molar-refractivity contribution in [2.45, 2.75) is 25.8 Å². The number of β-amino-alcohol motifs (C(OH)–C–C–N with tert-alkyl or cyclic N) is 1. The van der Waals surface area contributed by atoms with Crippen LogP contribution in [0.3, 0.4) is 0 Å². The normalized spacial score (nSPS) is 24.0. The third-order valence-corrected chi connectivity index (χ3v) is 5.11. The summed E-state index contributed by atoms with van der Waals surface area (Å²) in [6, 6.07) is 4.79. The van der Waals surface area contributed by atoms with Crippen LogP contribution in [0, 0.1) is 5.41 Å². The topological polar surface area (TPSA) is 82.8 Å². The molecule has 0 saturated carbocycles. The number of carbonyl (C=O) groups excluding carboxylic acids is 2. The molecule has 1 unspecified atom stereocenters. The second-order valence-corrected chi connectivity index (χ2v) is 6.63. The molecule has 130 valence electrons. The van der Waals surface area contributed by atoms with Crippen LogP contribution in [0.25, 0.3) is 0 Å². The maximum Gasteiger partial charge on any atom is 0.250 e. The molecule has 1 spiro atoms. The van der Waals surface area contributed by atoms with E-state index < -0.39 is 5.41 Å². The highest BCUT2D eigenvalue weighted by molar-refractivity contribution is 5.86. The molecule has 1 aromatic heterocycles. The Balaban J connectivity index is 1.68. The van der Waals surface area contributed by atoms with Gasteiger partial charge in [-0.15, -0.1) is 0 Å². The predicted octanol–water partition coefficient (Wildman–Crippen LogP) is -0.318. The molecule has 2 aliphatic rings. The maximum atomic E-state index is 12.7. The highest BCUT2D eigenvalue weighted by atomic mass is 16.3. The Kier molecular flexibility index (Phi) is 4.71. The number of likely N-dealkylation sites (tertiary alicyclic amines) is 2. The summed E-state index contributed by atoms with van der Waals surface area (Å²) in [6.45, 7) is 1.95. The van der Waals surface area contributed by atoms with Gasteiger partial charge in [-0.2, -0.15) is 0 Å². The zero-order chi connectivity index (χ0) is 17.2. The van der Waals surface area contributed by atoms with Gasteiger partial charge in [0.1, 0.15) is 6.54 Å². The van der Waals surface area contributed by atoms with Crippen molar-refractivity contribution in [3.8, 4) is 0 Å². The molecule has 3 rings (SSSR count). The number of rotatable bonds is 4. The Labute approximate surface area is 140 Å². The monoisotopic (exact) mass is 333 g/mol. The minimum atomic E-state index is -0.509. The lowest BCUT2D eigenvalue weighted by Gasteiger charge is -2.39. The maximum absolute atomic E-state index is 12.7. The van der Waals surface area contributed by atoms with E-state index >= 15 is 0 Å². The Hall–Kier alpha value is -2.15. The van der Waals surface area contributed by atoms with Gasteiger partial charge in [0, 0.05) is 38.4 Å². The summed E-state index contributed by atoms with van der Waals surface area (Å²) in [4.78, 5) is 40.4. The number of aliphatic hydroxyl groups excluding tert-OH is 1. The van der Waals surface area contributed by atoms with Crippen LogP contribution in [0.4, 0.5) is 0 Å². The number of carbonyl (C=O) groups is 2. The molecule has 0 aromatic carbocycles. The van der Waals surface area contributed by atoms with Gasteiger partial charge in [0.25, 0.3) is 5.56 Å². The number of piperidine rings is 1. The van der Waals surface area contributed by atoms with Crippen LogP contribution in [0.2, 0.25) is 0 Å². The van der Waals surface area contributed by atoms with Gasteiger partial charge in [0.2, 0.25) is 11.8 Å². The summed E-state index contributed by atoms with van der Waals surface area (Å²) in [7, 11) is 0. The summed E-state index contributed by atoms with van der Waals surface area (Å²) in [5, 5.41) is 9.11. The number of hydrogen-bond acceptors (Lipinski definition) is 4. The lowest BCUT2D eigenvalue weighted by Crippen LogP contribution is -2.51. The summed E-state index contributed by atoms with van der Waals surface area (Å²) in [5.41, 5.74) is -0.715. The van der Waals surface area contributed by atoms with Crippen LogP contribution in [0.1, 0.15) is 19.3 Å². The van der Waals surface area contributed by atoms with Crippen LogP contribution in [-0.4, -0.2) is 64.1 Å². The number of aromatic nitrogens is 1. The molecule has 3 heterocycles. The number of aliphatic hydroxyl groups is 1. The summed E-state index contributed by atoms with van der Waals surface area (Å²) < 4.78 is 1.38. The van der Waals surface area contributed by atoms with Crippen LogP contribution in [0.15, 0.2) is 29.2 Å². The highest BCUT2D eigenvalue weighted by Gasteiger charge is 2.49. The van der Waals surface area contributed by atoms with Crippen molar-refractivity contribution in [3.63, 3.8) is 0 Å². The fraction of sp³-hybridized carbons (Fsp3) is 0.588. The Morgan fingerprint density at radius 3 is 2.79 bits per heavy atom. The first-order valence-corrected chi connectivity index (χ1v) is 8.39. The number of hydrogen-bond donors (Lipinski definition) is 1. The van der Waals surface area contributed by atoms with Gasteiger partial charge in [-0.1, -0.05) is 6.07 Å². The number of pyridine rings is 1. The minimum absolute atomic E-state index is 0.00426. The molecular weight excluding hydrogens is 310 g/mol. The highest BCUT2D eigenvalue weighted by Crippen LogP contribution is 2.40. The molecule has 0 radical (unpaired) electrons. The van der Waals surface area contributed by atoms with E-state index in [1.165, 1.54) is 10.6 Å². The van der Waals surface area contributed by atoms with Crippen molar-refractivity contribution >= 4 is 11.8 Å². The fourth-order valence-corrected chi connectivity index (χ4v) is 3.79. The van der Waals surface area contributed by atoms with E-state index in [-0.39, 0.29) is 30.5 Å². The second kappa shape index (κ2) is 6.76. The summed E-state index contributed by atoms with van der Waals surface area (Å²) in [6.07, 6.45) is 3.93. The average molecular weight is 333 g/mol. The molecule has 2 amide bonds. The first-order valence-electron chi connectivity index (χ1n) is 8.39. The molecule has 1 atom stereocenters. The minimum Gasteiger partial charge on any atom is -0.395 e. The lowest BCUT2D eigenvalue weighted by atomic mass is 9.78. The van der Waals surface area contributed by atoms with Crippen molar-refractivity contribution in [1.29, 1.82) is 0 Å². The molecule has 0 bridgehead atoms. The summed E-state index contributed by atoms with van der Waals surface area (Å²) in [5.74, 6) is -0.0813. The smallest absolute Gasteiger partial charge is 0.250 e. The lowest BCUT2D eigenvalue weighted by molar-refractivity contribution is -0.146. The van der Waals surface area contributed by atoms with E-state index in [9.17, 15) is 14.4 Å². The molecule has 1 N–H and O–H groups in total. The van der Waals surface area contributed by atoms with Gasteiger partial charge in [0.15, 0.2) is 0 Å². The standard InChI is InChI=1S/C17H23N3O4/c21-11-10-18-8-3-5-17(16(18)24)6-9-20(13-17)15(23)12-19-7-2-1-4-14(19)22/h1-2,4,7,21H,3,5-6,8-13H2. The van der Waals surface area contributed by atoms with Crippen LogP contribution in [-0.2, 0) is 16.1 Å². The molecule has 2 aliphatic heterocycles. The third-order valence-electron chi connectivity index (χ3n) is 5.11. The van der Waals surface area contributed by atoms with E-state index in [1.54, 1.807) is 28.1 Å². The van der Waals surface area contributed by atoms with Crippen molar-refractivity contribution in [1.82, 2.24) is 14.4 Å². The van der Waals surface area contributed by atoms with Crippen LogP contribution in [0.5, 0.6) is 0 Å². The molecule has 1 aromatic rings. The average Bonchev–Trinajstić information content (AvgIpc) is 3.00. The van der Waals surface area contributed by atoms with Gasteiger partial charge in [0.05, 0.1) is 12.0 Å². The number of nitrogens with zero attached hydrogens (tertiary/aromatic N) is 3. The molecular formula is C17H23N3O4. The molecule has 24 heavy (non-hydrogen) atoms. The van der Waals surface area contributed by atoms with E-state index in [2.05, 4.69) is 0 Å². The molecule has 2 fully saturated rings. The van der Waals surface area contributed by atoms with E-state index in [1.807, 2.05) is 0 Å². The zero-order valence-electron chi connectivity index (χ0n) is 13.7. The van der Waals surface area contributed by atoms with E-state index in [4.69, 9.17) is 5.11 Å². The van der Waals surface area contributed by atoms with Crippen LogP contribution < -0.4 is 5.56 Å². The predicted molar refractivity (Wildman–Crippen MR) is 87.2 cm³/mol. The molecule has 2 saturated heterocycles. The quantitative estimate of drug-likeness (QED) is 0.819. The number of amides is 2. The SMILES string of the molecule is O=C(Cn1ccccc1=O)N1CCC2(CCCN(CCO)C2=O)C1. The second-order valence-electron chi connectivity index (χ2n) is 6.63. The molecule has 0 aliphatic carbocycles. The fourth-order valence-electron chi connectivity index (χ4n) is 3.79. The van der Waals surface area contributed by atoms with Gasteiger partial charge < -0.3 is 19.5 Å². The van der Waals surface area contributed by atoms with E-state index in [0.29, 0.717) is 32.6 Å². The molecule has 7 heteroatoms. The van der Waals surface area contributed by atoms with Crippen LogP contribution >= 0.6 is 0 Å². The van der Waals surface area contributed by atoms with Gasteiger partial charge >= 0.3 is 0 Å². The van der Waals surface area contributed by atoms with Gasteiger partial charge in [-0.05, 0) is 25.3 Å². The Morgan fingerprint density at radius 2 is 2.04 bits per heavy atom. The Morgan fingerprint density at radius 1 is 1.21 bits per heavy atom. The Bertz CT molecular complexity index is 684.